The van der Waals surface area contributed by atoms with E-state index in [0.717, 1.165) is 35.0 Å². The summed E-state index contributed by atoms with van der Waals surface area (Å²) >= 11 is 0. The molecule has 220 valence electrons. The predicted molar refractivity (Wildman–Crippen MR) is 170 cm³/mol. The molecule has 0 fully saturated rings. The van der Waals surface area contributed by atoms with E-state index >= 15 is 0 Å². The summed E-state index contributed by atoms with van der Waals surface area (Å²) in [6.45, 7) is 1.89. The molecule has 4 aromatic carbocycles. The van der Waals surface area contributed by atoms with E-state index in [-0.39, 0.29) is 11.6 Å². The van der Waals surface area contributed by atoms with E-state index in [2.05, 4.69) is 20.9 Å². The van der Waals surface area contributed by atoms with Gasteiger partial charge in [-0.05, 0) is 65.9 Å². The average Bonchev–Trinajstić information content (AvgIpc) is 3.03. The highest BCUT2D eigenvalue weighted by Gasteiger charge is 2.15. The van der Waals surface area contributed by atoms with Gasteiger partial charge in [-0.15, -0.1) is 0 Å². The Labute approximate surface area is 250 Å². The number of rotatable bonds is 13. The van der Waals surface area contributed by atoms with Crippen LogP contribution in [0.5, 0.6) is 5.75 Å². The second-order valence-electron chi connectivity index (χ2n) is 10.3. The lowest BCUT2D eigenvalue weighted by Crippen LogP contribution is -2.30. The molecule has 1 aromatic heterocycles. The lowest BCUT2D eigenvalue weighted by molar-refractivity contribution is 0.176. The molecule has 0 aliphatic carbocycles. The molecule has 1 atom stereocenters. The van der Waals surface area contributed by atoms with Gasteiger partial charge in [0.1, 0.15) is 12.4 Å². The SMILES string of the molecule is O=C(NCCc1ccccc1)Nc1cccc(CCNC[C@@H](O)c2ccc(OCc3ccccc3)c3[nH]c(=O)ccc23)c1. The number of hydrogen-bond donors (Lipinski definition) is 5. The van der Waals surface area contributed by atoms with Crippen molar-refractivity contribution in [2.75, 3.05) is 25.0 Å². The van der Waals surface area contributed by atoms with Crippen molar-refractivity contribution in [3.63, 3.8) is 0 Å². The summed E-state index contributed by atoms with van der Waals surface area (Å²) in [6.07, 6.45) is 0.702. The number of benzene rings is 4. The fraction of sp³-hybridized carbons (Fsp3) is 0.200. The third-order valence-corrected chi connectivity index (χ3v) is 7.14. The van der Waals surface area contributed by atoms with Crippen LogP contribution in [0.15, 0.2) is 114 Å². The van der Waals surface area contributed by atoms with E-state index in [4.69, 9.17) is 4.74 Å². The predicted octanol–water partition coefficient (Wildman–Crippen LogP) is 5.34. The molecule has 2 amide bonds. The van der Waals surface area contributed by atoms with Gasteiger partial charge in [0.15, 0.2) is 0 Å². The molecule has 5 N–H and O–H groups in total. The Morgan fingerprint density at radius 2 is 1.51 bits per heavy atom. The minimum atomic E-state index is -0.788. The van der Waals surface area contributed by atoms with Crippen LogP contribution in [0.1, 0.15) is 28.4 Å². The summed E-state index contributed by atoms with van der Waals surface area (Å²) in [5, 5.41) is 20.9. The van der Waals surface area contributed by atoms with Crippen molar-refractivity contribution in [3.8, 4) is 5.75 Å². The summed E-state index contributed by atoms with van der Waals surface area (Å²) in [5.41, 5.74) is 5.02. The van der Waals surface area contributed by atoms with E-state index in [9.17, 15) is 14.7 Å². The van der Waals surface area contributed by atoms with Crippen LogP contribution in [0.25, 0.3) is 10.9 Å². The maximum atomic E-state index is 12.3. The minimum absolute atomic E-state index is 0.233. The van der Waals surface area contributed by atoms with Gasteiger partial charge in [0.25, 0.3) is 0 Å². The second kappa shape index (κ2) is 14.8. The van der Waals surface area contributed by atoms with Gasteiger partial charge in [-0.25, -0.2) is 4.79 Å². The van der Waals surface area contributed by atoms with Gasteiger partial charge in [-0.1, -0.05) is 78.9 Å². The first kappa shape index (κ1) is 29.6. The highest BCUT2D eigenvalue weighted by atomic mass is 16.5. The van der Waals surface area contributed by atoms with E-state index in [0.29, 0.717) is 43.1 Å². The van der Waals surface area contributed by atoms with Gasteiger partial charge in [0.2, 0.25) is 5.56 Å². The number of fused-ring (bicyclic) bond motifs is 1. The molecule has 5 aromatic rings. The maximum absolute atomic E-state index is 12.3. The van der Waals surface area contributed by atoms with Crippen molar-refractivity contribution in [3.05, 3.63) is 142 Å². The zero-order chi connectivity index (χ0) is 29.9. The van der Waals surface area contributed by atoms with E-state index < -0.39 is 6.10 Å². The molecule has 0 saturated heterocycles. The first-order valence-electron chi connectivity index (χ1n) is 14.4. The Hall–Kier alpha value is -4.92. The normalized spacial score (nSPS) is 11.7. The number of pyridine rings is 1. The van der Waals surface area contributed by atoms with Crippen LogP contribution in [0, 0.1) is 0 Å². The smallest absolute Gasteiger partial charge is 0.319 e. The number of aromatic amines is 1. The summed E-state index contributed by atoms with van der Waals surface area (Å²) in [6, 6.07) is 34.1. The number of ether oxygens (including phenoxy) is 1. The maximum Gasteiger partial charge on any atom is 0.319 e. The average molecular weight is 577 g/mol. The van der Waals surface area contributed by atoms with Crippen LogP contribution in [0.2, 0.25) is 0 Å². The third kappa shape index (κ3) is 8.54. The van der Waals surface area contributed by atoms with Gasteiger partial charge < -0.3 is 30.8 Å². The van der Waals surface area contributed by atoms with Gasteiger partial charge in [0.05, 0.1) is 11.6 Å². The number of urea groups is 1. The summed E-state index contributed by atoms with van der Waals surface area (Å²) in [4.78, 5) is 27.3. The number of aliphatic hydroxyl groups is 1. The second-order valence-corrected chi connectivity index (χ2v) is 10.3. The number of hydrogen-bond acceptors (Lipinski definition) is 5. The highest BCUT2D eigenvalue weighted by molar-refractivity contribution is 5.89. The molecule has 0 unspecified atom stereocenters. The molecule has 0 bridgehead atoms. The number of aromatic nitrogens is 1. The molecule has 0 aliphatic rings. The van der Waals surface area contributed by atoms with Crippen molar-refractivity contribution in [1.82, 2.24) is 15.6 Å². The van der Waals surface area contributed by atoms with Gasteiger partial charge in [0, 0.05) is 30.2 Å². The summed E-state index contributed by atoms with van der Waals surface area (Å²) < 4.78 is 6.02. The summed E-state index contributed by atoms with van der Waals surface area (Å²) in [5.74, 6) is 0.554. The first-order valence-corrected chi connectivity index (χ1v) is 14.4. The van der Waals surface area contributed by atoms with Crippen LogP contribution in [-0.2, 0) is 19.4 Å². The Kier molecular flexibility index (Phi) is 10.2. The molecule has 0 saturated carbocycles. The minimum Gasteiger partial charge on any atom is -0.487 e. The van der Waals surface area contributed by atoms with Crippen LogP contribution in [0.3, 0.4) is 0 Å². The molecule has 8 nitrogen and oxygen atoms in total. The number of carbonyl (C=O) groups excluding carboxylic acids is 1. The molecule has 5 rings (SSSR count). The van der Waals surface area contributed by atoms with Crippen molar-refractivity contribution >= 4 is 22.6 Å². The molecule has 43 heavy (non-hydrogen) atoms. The highest BCUT2D eigenvalue weighted by Crippen LogP contribution is 2.30. The van der Waals surface area contributed by atoms with E-state index in [1.165, 1.54) is 11.6 Å². The zero-order valence-corrected chi connectivity index (χ0v) is 23.9. The van der Waals surface area contributed by atoms with E-state index in [1.54, 1.807) is 12.1 Å². The fourth-order valence-corrected chi connectivity index (χ4v) is 4.92. The zero-order valence-electron chi connectivity index (χ0n) is 23.9. The van der Waals surface area contributed by atoms with Gasteiger partial charge >= 0.3 is 6.03 Å². The molecule has 8 heteroatoms. The Balaban J connectivity index is 1.11. The molecular weight excluding hydrogens is 540 g/mol. The van der Waals surface area contributed by atoms with Crippen LogP contribution < -0.4 is 26.2 Å². The monoisotopic (exact) mass is 576 g/mol. The van der Waals surface area contributed by atoms with Crippen molar-refractivity contribution in [2.45, 2.75) is 25.6 Å². The third-order valence-electron chi connectivity index (χ3n) is 7.14. The Morgan fingerprint density at radius 1 is 0.791 bits per heavy atom. The Bertz CT molecular complexity index is 1690. The summed E-state index contributed by atoms with van der Waals surface area (Å²) in [7, 11) is 0. The largest absolute Gasteiger partial charge is 0.487 e. The molecule has 1 heterocycles. The van der Waals surface area contributed by atoms with Crippen molar-refractivity contribution < 1.29 is 14.6 Å². The standard InChI is InChI=1S/C35H36N4O4/c40-31(29-14-16-32(34-30(29)15-17-33(41)39-34)43-24-27-10-5-2-6-11-27)23-36-20-18-26-12-7-13-28(22-26)38-35(42)37-21-19-25-8-3-1-4-9-25/h1-17,22,31,36,40H,18-21,23-24H2,(H,39,41)(H2,37,38,42)/t31-/m1/s1. The van der Waals surface area contributed by atoms with Crippen LogP contribution >= 0.6 is 0 Å². The van der Waals surface area contributed by atoms with Gasteiger partial charge in [-0.3, -0.25) is 4.79 Å². The Morgan fingerprint density at radius 3 is 2.30 bits per heavy atom. The first-order chi connectivity index (χ1) is 21.0. The molecule has 0 aliphatic heterocycles. The number of H-pyrrole nitrogens is 1. The van der Waals surface area contributed by atoms with E-state index in [1.807, 2.05) is 91.0 Å². The molecule has 0 spiro atoms. The van der Waals surface area contributed by atoms with Crippen molar-refractivity contribution in [1.29, 1.82) is 0 Å². The number of aliphatic hydroxyl groups excluding tert-OH is 1. The van der Waals surface area contributed by atoms with Gasteiger partial charge in [-0.2, -0.15) is 0 Å². The number of carbonyl (C=O) groups is 1. The lowest BCUT2D eigenvalue weighted by Gasteiger charge is -2.17. The number of amides is 2. The van der Waals surface area contributed by atoms with Crippen molar-refractivity contribution in [2.24, 2.45) is 0 Å². The number of anilines is 1. The van der Waals surface area contributed by atoms with Crippen LogP contribution in [-0.4, -0.2) is 35.8 Å². The topological polar surface area (TPSA) is 115 Å². The lowest BCUT2D eigenvalue weighted by atomic mass is 10.0. The quantitative estimate of drug-likeness (QED) is 0.121. The van der Waals surface area contributed by atoms with Crippen LogP contribution in [0.4, 0.5) is 10.5 Å². The number of nitrogens with one attached hydrogen (secondary N) is 4. The molecule has 0 radical (unpaired) electrons. The fourth-order valence-electron chi connectivity index (χ4n) is 4.92. The molecular formula is C35H36N4O4.